The van der Waals surface area contributed by atoms with E-state index in [1.165, 1.54) is 19.1 Å². The minimum Gasteiger partial charge on any atom is -0.307 e. The molecule has 1 nitrogen and oxygen atoms in total. The standard InChI is InChI=1S/C12H15F4N/c1-8(7-12(14,15)16)17-9(2)10-3-5-11(13)6-4-10/h3-6,8-9,17H,7H2,1-2H3. The average Bonchev–Trinajstić information content (AvgIpc) is 2.15. The Morgan fingerprint density at radius 2 is 1.65 bits per heavy atom. The van der Waals surface area contributed by atoms with Crippen molar-refractivity contribution in [3.05, 3.63) is 35.6 Å². The smallest absolute Gasteiger partial charge is 0.307 e. The molecule has 0 spiro atoms. The van der Waals surface area contributed by atoms with E-state index in [-0.39, 0.29) is 11.9 Å². The van der Waals surface area contributed by atoms with Gasteiger partial charge in [0.2, 0.25) is 0 Å². The fourth-order valence-electron chi connectivity index (χ4n) is 1.68. The lowest BCUT2D eigenvalue weighted by molar-refractivity contribution is -0.139. The van der Waals surface area contributed by atoms with Gasteiger partial charge in [-0.15, -0.1) is 0 Å². The van der Waals surface area contributed by atoms with Gasteiger partial charge in [-0.25, -0.2) is 4.39 Å². The first-order valence-corrected chi connectivity index (χ1v) is 5.36. The van der Waals surface area contributed by atoms with E-state index in [2.05, 4.69) is 5.32 Å². The molecule has 96 valence electrons. The Morgan fingerprint density at radius 1 is 1.12 bits per heavy atom. The van der Waals surface area contributed by atoms with Crippen LogP contribution in [0.2, 0.25) is 0 Å². The summed E-state index contributed by atoms with van der Waals surface area (Å²) in [5.41, 5.74) is 0.764. The predicted molar refractivity (Wildman–Crippen MR) is 58.1 cm³/mol. The van der Waals surface area contributed by atoms with Crippen LogP contribution >= 0.6 is 0 Å². The third-order valence-electron chi connectivity index (χ3n) is 2.44. The van der Waals surface area contributed by atoms with Crippen molar-refractivity contribution in [3.8, 4) is 0 Å². The second-order valence-electron chi connectivity index (χ2n) is 4.16. The monoisotopic (exact) mass is 249 g/mol. The van der Waals surface area contributed by atoms with E-state index in [0.29, 0.717) is 0 Å². The summed E-state index contributed by atoms with van der Waals surface area (Å²) >= 11 is 0. The predicted octanol–water partition coefficient (Wildman–Crippen LogP) is 3.82. The van der Waals surface area contributed by atoms with E-state index >= 15 is 0 Å². The van der Waals surface area contributed by atoms with Crippen LogP contribution in [0, 0.1) is 5.82 Å². The molecule has 17 heavy (non-hydrogen) atoms. The number of rotatable bonds is 4. The molecule has 0 fully saturated rings. The van der Waals surface area contributed by atoms with Crippen molar-refractivity contribution in [2.75, 3.05) is 0 Å². The van der Waals surface area contributed by atoms with Crippen LogP contribution in [0.25, 0.3) is 0 Å². The molecule has 0 saturated heterocycles. The molecule has 1 rings (SSSR count). The van der Waals surface area contributed by atoms with Crippen LogP contribution in [0.3, 0.4) is 0 Å². The van der Waals surface area contributed by atoms with Crippen molar-refractivity contribution < 1.29 is 17.6 Å². The number of nitrogens with one attached hydrogen (secondary N) is 1. The van der Waals surface area contributed by atoms with Crippen molar-refractivity contribution in [2.24, 2.45) is 0 Å². The van der Waals surface area contributed by atoms with Gasteiger partial charge in [0.1, 0.15) is 5.82 Å². The first-order valence-electron chi connectivity index (χ1n) is 5.36. The van der Waals surface area contributed by atoms with Crippen molar-refractivity contribution in [1.29, 1.82) is 0 Å². The summed E-state index contributed by atoms with van der Waals surface area (Å²) in [6, 6.07) is 4.80. The normalized spacial score (nSPS) is 15.6. The quantitative estimate of drug-likeness (QED) is 0.800. The van der Waals surface area contributed by atoms with E-state index in [9.17, 15) is 17.6 Å². The van der Waals surface area contributed by atoms with E-state index in [1.54, 1.807) is 19.1 Å². The highest BCUT2D eigenvalue weighted by Gasteiger charge is 2.30. The maximum Gasteiger partial charge on any atom is 0.390 e. The lowest BCUT2D eigenvalue weighted by Gasteiger charge is -2.21. The van der Waals surface area contributed by atoms with Gasteiger partial charge < -0.3 is 5.32 Å². The topological polar surface area (TPSA) is 12.0 Å². The number of alkyl halides is 3. The van der Waals surface area contributed by atoms with Crippen LogP contribution in [-0.2, 0) is 0 Å². The van der Waals surface area contributed by atoms with Gasteiger partial charge >= 0.3 is 6.18 Å². The molecular formula is C12H15F4N. The number of hydrogen-bond acceptors (Lipinski definition) is 1. The van der Waals surface area contributed by atoms with Crippen LogP contribution in [0.1, 0.15) is 31.9 Å². The van der Waals surface area contributed by atoms with Gasteiger partial charge in [0.15, 0.2) is 0 Å². The largest absolute Gasteiger partial charge is 0.390 e. The summed E-state index contributed by atoms with van der Waals surface area (Å²) in [5, 5.41) is 2.83. The van der Waals surface area contributed by atoms with E-state index in [4.69, 9.17) is 0 Å². The average molecular weight is 249 g/mol. The molecule has 2 unspecified atom stereocenters. The van der Waals surface area contributed by atoms with E-state index in [1.807, 2.05) is 0 Å². The zero-order chi connectivity index (χ0) is 13.1. The molecule has 0 aliphatic heterocycles. The summed E-state index contributed by atoms with van der Waals surface area (Å²) < 4.78 is 49.0. The van der Waals surface area contributed by atoms with Gasteiger partial charge in [-0.05, 0) is 31.5 Å². The molecule has 0 aliphatic carbocycles. The highest BCUT2D eigenvalue weighted by atomic mass is 19.4. The minimum absolute atomic E-state index is 0.243. The highest BCUT2D eigenvalue weighted by Crippen LogP contribution is 2.23. The Labute approximate surface area is 97.8 Å². The molecule has 0 bridgehead atoms. The number of halogens is 4. The van der Waals surface area contributed by atoms with Crippen LogP contribution in [0.15, 0.2) is 24.3 Å². The Kier molecular flexibility index (Phi) is 4.51. The molecule has 1 N–H and O–H groups in total. The fourth-order valence-corrected chi connectivity index (χ4v) is 1.68. The minimum atomic E-state index is -4.17. The summed E-state index contributed by atoms with van der Waals surface area (Å²) in [6.07, 6.45) is -5.05. The van der Waals surface area contributed by atoms with Gasteiger partial charge in [-0.3, -0.25) is 0 Å². The van der Waals surface area contributed by atoms with Crippen LogP contribution in [0.5, 0.6) is 0 Å². The second kappa shape index (κ2) is 5.49. The van der Waals surface area contributed by atoms with Gasteiger partial charge in [0.05, 0.1) is 6.42 Å². The van der Waals surface area contributed by atoms with Gasteiger partial charge in [-0.2, -0.15) is 13.2 Å². The third kappa shape index (κ3) is 5.17. The molecule has 0 saturated carbocycles. The summed E-state index contributed by atoms with van der Waals surface area (Å²) in [6.45, 7) is 3.23. The third-order valence-corrected chi connectivity index (χ3v) is 2.44. The molecule has 0 heterocycles. The molecule has 5 heteroatoms. The summed E-state index contributed by atoms with van der Waals surface area (Å²) in [5.74, 6) is -0.357. The van der Waals surface area contributed by atoms with E-state index < -0.39 is 18.6 Å². The van der Waals surface area contributed by atoms with Gasteiger partial charge in [-0.1, -0.05) is 12.1 Å². The number of benzene rings is 1. The Morgan fingerprint density at radius 3 is 2.12 bits per heavy atom. The molecule has 2 atom stereocenters. The van der Waals surface area contributed by atoms with Crippen molar-refractivity contribution in [3.63, 3.8) is 0 Å². The first kappa shape index (κ1) is 14.0. The number of hydrogen-bond donors (Lipinski definition) is 1. The second-order valence-corrected chi connectivity index (χ2v) is 4.16. The van der Waals surface area contributed by atoms with Crippen LogP contribution in [0.4, 0.5) is 17.6 Å². The van der Waals surface area contributed by atoms with Crippen molar-refractivity contribution in [2.45, 2.75) is 38.5 Å². The Bertz CT molecular complexity index is 345. The fraction of sp³-hybridized carbons (Fsp3) is 0.500. The zero-order valence-electron chi connectivity index (χ0n) is 9.68. The molecule has 1 aromatic carbocycles. The summed E-state index contributed by atoms with van der Waals surface area (Å²) in [7, 11) is 0. The van der Waals surface area contributed by atoms with Crippen LogP contribution < -0.4 is 5.32 Å². The first-order chi connectivity index (χ1) is 7.78. The molecule has 0 radical (unpaired) electrons. The molecule has 0 aliphatic rings. The lowest BCUT2D eigenvalue weighted by Crippen LogP contribution is -2.33. The molecular weight excluding hydrogens is 234 g/mol. The van der Waals surface area contributed by atoms with Crippen molar-refractivity contribution in [1.82, 2.24) is 5.32 Å². The maximum atomic E-state index is 12.7. The molecule has 0 amide bonds. The highest BCUT2D eigenvalue weighted by molar-refractivity contribution is 5.19. The van der Waals surface area contributed by atoms with Crippen molar-refractivity contribution >= 4 is 0 Å². The van der Waals surface area contributed by atoms with Gasteiger partial charge in [0, 0.05) is 12.1 Å². The zero-order valence-corrected chi connectivity index (χ0v) is 9.68. The molecule has 1 aromatic rings. The lowest BCUT2D eigenvalue weighted by atomic mass is 10.1. The van der Waals surface area contributed by atoms with Gasteiger partial charge in [0.25, 0.3) is 0 Å². The SMILES string of the molecule is CC(CC(F)(F)F)NC(C)c1ccc(F)cc1. The summed E-state index contributed by atoms with van der Waals surface area (Å²) in [4.78, 5) is 0. The van der Waals surface area contributed by atoms with Crippen LogP contribution in [-0.4, -0.2) is 12.2 Å². The Balaban J connectivity index is 2.54. The Hall–Kier alpha value is -1.10. The molecule has 0 aromatic heterocycles. The van der Waals surface area contributed by atoms with E-state index in [0.717, 1.165) is 5.56 Å². The maximum absolute atomic E-state index is 12.7.